The summed E-state index contributed by atoms with van der Waals surface area (Å²) >= 11 is 0. The first-order valence-electron chi connectivity index (χ1n) is 6.79. The number of hydrogen-bond donors (Lipinski definition) is 1. The molecule has 1 aromatic rings. The number of hydrogen-bond acceptors (Lipinski definition) is 4. The fourth-order valence-corrected chi connectivity index (χ4v) is 2.59. The molecular weight excluding hydrogens is 256 g/mol. The van der Waals surface area contributed by atoms with E-state index in [9.17, 15) is 9.59 Å². The molecule has 1 aliphatic rings. The monoisotopic (exact) mass is 276 g/mol. The maximum Gasteiger partial charge on any atom is 0.330 e. The van der Waals surface area contributed by atoms with E-state index in [2.05, 4.69) is 22.3 Å². The highest BCUT2D eigenvalue weighted by Gasteiger charge is 2.25. The van der Waals surface area contributed by atoms with Gasteiger partial charge in [-0.3, -0.25) is 4.79 Å². The van der Waals surface area contributed by atoms with Gasteiger partial charge in [0.25, 0.3) is 0 Å². The maximum atomic E-state index is 11.8. The lowest BCUT2D eigenvalue weighted by atomic mass is 10.0. The van der Waals surface area contributed by atoms with Crippen LogP contribution in [0.15, 0.2) is 24.3 Å². The van der Waals surface area contributed by atoms with Gasteiger partial charge in [-0.05, 0) is 24.5 Å². The van der Waals surface area contributed by atoms with Crippen molar-refractivity contribution in [1.82, 2.24) is 5.32 Å². The zero-order chi connectivity index (χ0) is 14.5. The highest BCUT2D eigenvalue weighted by Crippen LogP contribution is 2.26. The van der Waals surface area contributed by atoms with Gasteiger partial charge >= 0.3 is 5.97 Å². The molecule has 1 aromatic carbocycles. The first-order valence-corrected chi connectivity index (χ1v) is 6.79. The van der Waals surface area contributed by atoms with Crippen molar-refractivity contribution in [2.24, 2.45) is 0 Å². The van der Waals surface area contributed by atoms with Crippen LogP contribution in [0, 0.1) is 0 Å². The summed E-state index contributed by atoms with van der Waals surface area (Å²) in [5, 5.41) is 2.65. The Hall–Kier alpha value is -2.04. The molecule has 0 spiro atoms. The largest absolute Gasteiger partial charge is 0.467 e. The molecule has 1 atom stereocenters. The van der Waals surface area contributed by atoms with Crippen LogP contribution in [-0.4, -0.2) is 38.1 Å². The molecular formula is C15H20N2O3. The van der Waals surface area contributed by atoms with E-state index in [1.165, 1.54) is 19.6 Å². The van der Waals surface area contributed by atoms with E-state index in [4.69, 9.17) is 4.74 Å². The number of rotatable bonds is 4. The van der Waals surface area contributed by atoms with Crippen molar-refractivity contribution in [2.45, 2.75) is 25.8 Å². The van der Waals surface area contributed by atoms with E-state index < -0.39 is 12.0 Å². The Kier molecular flexibility index (Phi) is 4.61. The standard InChI is InChI=1S/C15H20N2O3/c1-11(18)16-13(15(19)20-2)10-17-9-5-7-12-6-3-4-8-14(12)17/h3-4,6,8,13H,5,7,9-10H2,1-2H3,(H,16,18). The zero-order valence-electron chi connectivity index (χ0n) is 11.9. The Balaban J connectivity index is 2.15. The van der Waals surface area contributed by atoms with Gasteiger partial charge in [-0.1, -0.05) is 18.2 Å². The van der Waals surface area contributed by atoms with Crippen molar-refractivity contribution in [3.8, 4) is 0 Å². The van der Waals surface area contributed by atoms with Crippen LogP contribution in [0.5, 0.6) is 0 Å². The third-order valence-corrected chi connectivity index (χ3v) is 3.47. The second-order valence-electron chi connectivity index (χ2n) is 4.95. The number of amides is 1. The molecule has 5 nitrogen and oxygen atoms in total. The molecule has 1 unspecified atom stereocenters. The Labute approximate surface area is 118 Å². The lowest BCUT2D eigenvalue weighted by Gasteiger charge is -2.33. The zero-order valence-corrected chi connectivity index (χ0v) is 11.9. The molecule has 1 amide bonds. The van der Waals surface area contributed by atoms with Gasteiger partial charge in [0.15, 0.2) is 0 Å². The van der Waals surface area contributed by atoms with Crippen LogP contribution in [-0.2, 0) is 20.7 Å². The predicted molar refractivity (Wildman–Crippen MR) is 76.6 cm³/mol. The Morgan fingerprint density at radius 2 is 2.15 bits per heavy atom. The van der Waals surface area contributed by atoms with E-state index in [1.807, 2.05) is 12.1 Å². The second kappa shape index (κ2) is 6.41. The second-order valence-corrected chi connectivity index (χ2v) is 4.95. The molecule has 1 heterocycles. The maximum absolute atomic E-state index is 11.8. The molecule has 20 heavy (non-hydrogen) atoms. The molecule has 108 valence electrons. The smallest absolute Gasteiger partial charge is 0.330 e. The van der Waals surface area contributed by atoms with E-state index >= 15 is 0 Å². The molecule has 0 bridgehead atoms. The average molecular weight is 276 g/mol. The minimum absolute atomic E-state index is 0.231. The topological polar surface area (TPSA) is 58.6 Å². The summed E-state index contributed by atoms with van der Waals surface area (Å²) in [6, 6.07) is 7.53. The Morgan fingerprint density at radius 3 is 2.85 bits per heavy atom. The fraction of sp³-hybridized carbons (Fsp3) is 0.467. The number of anilines is 1. The van der Waals surface area contributed by atoms with Gasteiger partial charge in [-0.15, -0.1) is 0 Å². The lowest BCUT2D eigenvalue weighted by molar-refractivity contribution is -0.144. The first-order chi connectivity index (χ1) is 9.61. The van der Waals surface area contributed by atoms with Gasteiger partial charge in [0.05, 0.1) is 7.11 Å². The molecule has 0 fully saturated rings. The predicted octanol–water partition coefficient (Wildman–Crippen LogP) is 1.12. The molecule has 0 radical (unpaired) electrons. The van der Waals surface area contributed by atoms with Crippen LogP contribution in [0.1, 0.15) is 18.9 Å². The molecule has 2 rings (SSSR count). The molecule has 0 aromatic heterocycles. The summed E-state index contributed by atoms with van der Waals surface area (Å²) in [7, 11) is 1.33. The van der Waals surface area contributed by atoms with Gasteiger partial charge in [0, 0.05) is 25.7 Å². The number of nitrogens with zero attached hydrogens (tertiary/aromatic N) is 1. The number of esters is 1. The number of nitrogens with one attached hydrogen (secondary N) is 1. The van der Waals surface area contributed by atoms with Crippen LogP contribution < -0.4 is 10.2 Å². The van der Waals surface area contributed by atoms with Crippen molar-refractivity contribution in [3.63, 3.8) is 0 Å². The van der Waals surface area contributed by atoms with Crippen molar-refractivity contribution in [2.75, 3.05) is 25.1 Å². The molecule has 1 aliphatic heterocycles. The third-order valence-electron chi connectivity index (χ3n) is 3.47. The van der Waals surface area contributed by atoms with Crippen LogP contribution in [0.25, 0.3) is 0 Å². The van der Waals surface area contributed by atoms with Gasteiger partial charge in [0.1, 0.15) is 6.04 Å². The number of para-hydroxylation sites is 1. The summed E-state index contributed by atoms with van der Waals surface area (Å²) in [5.74, 6) is -0.644. The summed E-state index contributed by atoms with van der Waals surface area (Å²) < 4.78 is 4.76. The highest BCUT2D eigenvalue weighted by molar-refractivity contribution is 5.83. The number of ether oxygens (including phenoxy) is 1. The van der Waals surface area contributed by atoms with Gasteiger partial charge < -0.3 is 15.0 Å². The summed E-state index contributed by atoms with van der Waals surface area (Å²) in [6.07, 6.45) is 2.10. The van der Waals surface area contributed by atoms with Crippen LogP contribution in [0.2, 0.25) is 0 Å². The quantitative estimate of drug-likeness (QED) is 0.837. The molecule has 0 aliphatic carbocycles. The van der Waals surface area contributed by atoms with Gasteiger partial charge in [-0.25, -0.2) is 4.79 Å². The third kappa shape index (κ3) is 3.29. The molecule has 0 saturated carbocycles. The van der Waals surface area contributed by atoms with Crippen LogP contribution in [0.4, 0.5) is 5.69 Å². The van der Waals surface area contributed by atoms with E-state index in [1.54, 1.807) is 0 Å². The minimum atomic E-state index is -0.636. The first kappa shape index (κ1) is 14.4. The Morgan fingerprint density at radius 1 is 1.40 bits per heavy atom. The van der Waals surface area contributed by atoms with Crippen molar-refractivity contribution >= 4 is 17.6 Å². The van der Waals surface area contributed by atoms with Crippen LogP contribution in [0.3, 0.4) is 0 Å². The number of methoxy groups -OCH3 is 1. The van der Waals surface area contributed by atoms with E-state index in [0.29, 0.717) is 6.54 Å². The van der Waals surface area contributed by atoms with Crippen molar-refractivity contribution < 1.29 is 14.3 Å². The van der Waals surface area contributed by atoms with Gasteiger partial charge in [-0.2, -0.15) is 0 Å². The van der Waals surface area contributed by atoms with Crippen molar-refractivity contribution in [1.29, 1.82) is 0 Å². The average Bonchev–Trinajstić information content (AvgIpc) is 2.45. The Bertz CT molecular complexity index is 502. The number of fused-ring (bicyclic) bond motifs is 1. The molecule has 0 saturated heterocycles. The summed E-state index contributed by atoms with van der Waals surface area (Å²) in [5.41, 5.74) is 2.42. The number of carbonyl (C=O) groups is 2. The fourth-order valence-electron chi connectivity index (χ4n) is 2.59. The van der Waals surface area contributed by atoms with E-state index in [0.717, 1.165) is 25.1 Å². The highest BCUT2D eigenvalue weighted by atomic mass is 16.5. The van der Waals surface area contributed by atoms with Gasteiger partial charge in [0.2, 0.25) is 5.91 Å². The van der Waals surface area contributed by atoms with E-state index in [-0.39, 0.29) is 5.91 Å². The summed E-state index contributed by atoms with van der Waals surface area (Å²) in [6.45, 7) is 2.72. The minimum Gasteiger partial charge on any atom is -0.467 e. The molecule has 5 heteroatoms. The molecule has 1 N–H and O–H groups in total. The number of aryl methyl sites for hydroxylation is 1. The normalized spacial score (nSPS) is 15.2. The summed E-state index contributed by atoms with van der Waals surface area (Å²) in [4.78, 5) is 25.1. The van der Waals surface area contributed by atoms with Crippen LogP contribution >= 0.6 is 0 Å². The SMILES string of the molecule is COC(=O)C(CN1CCCc2ccccc21)NC(C)=O. The lowest BCUT2D eigenvalue weighted by Crippen LogP contribution is -2.49. The number of carbonyl (C=O) groups excluding carboxylic acids is 2. The van der Waals surface area contributed by atoms with Crippen molar-refractivity contribution in [3.05, 3.63) is 29.8 Å². The number of benzene rings is 1.